The Morgan fingerprint density at radius 3 is 1.15 bits per heavy atom. The van der Waals surface area contributed by atoms with Crippen LogP contribution >= 0.6 is 0 Å². The lowest BCUT2D eigenvalue weighted by Gasteiger charge is -2.07. The van der Waals surface area contributed by atoms with E-state index in [1.807, 2.05) is 196 Å². The second kappa shape index (κ2) is 42.2. The van der Waals surface area contributed by atoms with Crippen LogP contribution in [0.15, 0.2) is 417 Å². The summed E-state index contributed by atoms with van der Waals surface area (Å²) in [5, 5.41) is 2.42. The Balaban J connectivity index is 0.000000133. The Labute approximate surface area is 613 Å². The zero-order chi connectivity index (χ0) is 71.7. The van der Waals surface area contributed by atoms with Crippen LogP contribution in [0.1, 0.15) is 72.5 Å². The average Bonchev–Trinajstić information content (AvgIpc) is 0.809. The molecule has 510 valence electrons. The van der Waals surface area contributed by atoms with Crippen LogP contribution in [0.2, 0.25) is 0 Å². The second-order valence-electron chi connectivity index (χ2n) is 24.4. The highest BCUT2D eigenvalue weighted by Crippen LogP contribution is 2.22. The smallest absolute Gasteiger partial charge is 0.152 e. The van der Waals surface area contributed by atoms with Gasteiger partial charge in [-0.15, -0.1) is 0 Å². The van der Waals surface area contributed by atoms with E-state index in [0.717, 1.165) is 94.0 Å². The summed E-state index contributed by atoms with van der Waals surface area (Å²) < 4.78 is 0. The van der Waals surface area contributed by atoms with Crippen molar-refractivity contribution >= 4 is 44.7 Å². The Hall–Kier alpha value is -13.0. The third-order valence-corrected chi connectivity index (χ3v) is 16.4. The van der Waals surface area contributed by atoms with E-state index in [1.54, 1.807) is 12.4 Å². The molecule has 0 aliphatic carbocycles. The lowest BCUT2D eigenvalue weighted by atomic mass is 10.0. The van der Waals surface area contributed by atoms with Crippen LogP contribution in [-0.2, 0) is 32.1 Å². The lowest BCUT2D eigenvalue weighted by Crippen LogP contribution is -2.02. The van der Waals surface area contributed by atoms with Gasteiger partial charge in [0.2, 0.25) is 0 Å². The molecule has 104 heavy (non-hydrogen) atoms. The second-order valence-corrected chi connectivity index (χ2v) is 24.4. The van der Waals surface area contributed by atoms with Gasteiger partial charge in [0.15, 0.2) is 5.82 Å². The van der Waals surface area contributed by atoms with Gasteiger partial charge >= 0.3 is 0 Å². The van der Waals surface area contributed by atoms with Crippen LogP contribution in [0, 0.1) is 20.8 Å². The fraction of sp³-hybridized carbons (Fsp3) is 0.0833. The van der Waals surface area contributed by atoms with Crippen molar-refractivity contribution in [1.29, 1.82) is 0 Å². The van der Waals surface area contributed by atoms with E-state index in [4.69, 9.17) is 9.98 Å². The molecular formula is C96H86N8. The SMILES string of the molecule is Cc1ccc(N=C(c2ccccc2)c2ccccc2)cc1.Cc1cccc2cccnc12.Cc1cccnc1.c1ccc(C(=Nc2ccccn2)c2ccccc2)cc1.c1ccc(CCc2ccccn2)cc1.c1ccc(CCc2cccnc2)cc1.c1ccc(Cc2cccc3cccnc23)cc1. The van der Waals surface area contributed by atoms with Crippen molar-refractivity contribution < 1.29 is 0 Å². The highest BCUT2D eigenvalue weighted by atomic mass is 14.9. The lowest BCUT2D eigenvalue weighted by molar-refractivity contribution is 0.914. The van der Waals surface area contributed by atoms with Gasteiger partial charge in [-0.3, -0.25) is 24.9 Å². The van der Waals surface area contributed by atoms with Crippen LogP contribution in [0.25, 0.3) is 21.8 Å². The van der Waals surface area contributed by atoms with Gasteiger partial charge in [-0.05, 0) is 152 Å². The fourth-order valence-corrected chi connectivity index (χ4v) is 11.0. The maximum atomic E-state index is 4.86. The first-order valence-electron chi connectivity index (χ1n) is 35.1. The summed E-state index contributed by atoms with van der Waals surface area (Å²) in [6.45, 7) is 6.19. The first-order chi connectivity index (χ1) is 51.4. The number of benzene rings is 10. The van der Waals surface area contributed by atoms with Crippen LogP contribution < -0.4 is 0 Å². The molecule has 0 bridgehead atoms. The Bertz CT molecular complexity index is 4810. The molecule has 10 aromatic carbocycles. The normalized spacial score (nSPS) is 10.1. The molecule has 0 unspecified atom stereocenters. The predicted octanol–water partition coefficient (Wildman–Crippen LogP) is 22.9. The Kier molecular flexibility index (Phi) is 29.9. The molecule has 0 fully saturated rings. The molecule has 8 nitrogen and oxygen atoms in total. The van der Waals surface area contributed by atoms with E-state index in [-0.39, 0.29) is 0 Å². The van der Waals surface area contributed by atoms with Crippen molar-refractivity contribution in [3.63, 3.8) is 0 Å². The average molecular weight is 1350 g/mol. The first-order valence-corrected chi connectivity index (χ1v) is 35.1. The number of rotatable bonds is 14. The molecule has 0 aliphatic rings. The molecule has 0 atom stereocenters. The monoisotopic (exact) mass is 1350 g/mol. The van der Waals surface area contributed by atoms with Gasteiger partial charge in [0, 0.05) is 88.3 Å². The summed E-state index contributed by atoms with van der Waals surface area (Å²) in [6.07, 6.45) is 19.8. The number of fused-ring (bicyclic) bond motifs is 2. The molecule has 0 saturated carbocycles. The van der Waals surface area contributed by atoms with Gasteiger partial charge in [-0.2, -0.15) is 0 Å². The highest BCUT2D eigenvalue weighted by Gasteiger charge is 2.09. The van der Waals surface area contributed by atoms with Crippen molar-refractivity contribution in [2.75, 3.05) is 0 Å². The molecule has 8 heteroatoms. The van der Waals surface area contributed by atoms with Crippen LogP contribution in [0.4, 0.5) is 11.5 Å². The molecule has 0 spiro atoms. The number of aliphatic imine (C=N–C) groups is 2. The number of aryl methyl sites for hydroxylation is 7. The molecule has 6 heterocycles. The van der Waals surface area contributed by atoms with Gasteiger partial charge < -0.3 is 0 Å². The van der Waals surface area contributed by atoms with Crippen LogP contribution in [0.3, 0.4) is 0 Å². The molecule has 16 aromatic rings. The van der Waals surface area contributed by atoms with E-state index in [1.165, 1.54) is 55.3 Å². The minimum absolute atomic E-state index is 0.718. The Morgan fingerprint density at radius 2 is 0.683 bits per heavy atom. The van der Waals surface area contributed by atoms with Gasteiger partial charge in [0.25, 0.3) is 0 Å². The predicted molar refractivity (Wildman–Crippen MR) is 434 cm³/mol. The zero-order valence-electron chi connectivity index (χ0n) is 59.3. The number of para-hydroxylation sites is 2. The van der Waals surface area contributed by atoms with Crippen molar-refractivity contribution in [2.24, 2.45) is 9.98 Å². The van der Waals surface area contributed by atoms with Gasteiger partial charge in [-0.1, -0.05) is 303 Å². The van der Waals surface area contributed by atoms with Crippen LogP contribution in [0.5, 0.6) is 0 Å². The van der Waals surface area contributed by atoms with Gasteiger partial charge in [-0.25, -0.2) is 15.0 Å². The zero-order valence-corrected chi connectivity index (χ0v) is 59.3. The minimum atomic E-state index is 0.718. The third-order valence-electron chi connectivity index (χ3n) is 16.4. The van der Waals surface area contributed by atoms with E-state index >= 15 is 0 Å². The molecule has 0 radical (unpaired) electrons. The topological polar surface area (TPSA) is 102 Å². The molecule has 0 N–H and O–H groups in total. The quantitative estimate of drug-likeness (QED) is 0.101. The minimum Gasteiger partial charge on any atom is -0.264 e. The summed E-state index contributed by atoms with van der Waals surface area (Å²) in [6, 6.07) is 121. The van der Waals surface area contributed by atoms with E-state index < -0.39 is 0 Å². The fourth-order valence-electron chi connectivity index (χ4n) is 11.0. The maximum absolute atomic E-state index is 4.86. The summed E-state index contributed by atoms with van der Waals surface area (Å²) in [5.41, 5.74) is 21.1. The van der Waals surface area contributed by atoms with E-state index in [2.05, 4.69) is 250 Å². The molecule has 0 saturated heterocycles. The first kappa shape index (κ1) is 73.7. The third kappa shape index (κ3) is 25.3. The number of hydrogen-bond donors (Lipinski definition) is 0. The summed E-state index contributed by atoms with van der Waals surface area (Å²) in [5.74, 6) is 0.718. The number of nitrogens with zero attached hydrogens (tertiary/aromatic N) is 8. The van der Waals surface area contributed by atoms with E-state index in [9.17, 15) is 0 Å². The van der Waals surface area contributed by atoms with Crippen LogP contribution in [-0.4, -0.2) is 41.3 Å². The van der Waals surface area contributed by atoms with Gasteiger partial charge in [0.05, 0.1) is 28.1 Å². The summed E-state index contributed by atoms with van der Waals surface area (Å²) >= 11 is 0. The maximum Gasteiger partial charge on any atom is 0.152 e. The number of aromatic nitrogens is 6. The molecule has 0 amide bonds. The molecule has 16 rings (SSSR count). The standard InChI is InChI=1S/C20H17N.C18H14N2.C16H13N.2C13H13N.C10H9N.C6H7N/c1-16-12-14-19(15-13-16)21-20(17-8-4-2-5-9-17)18-10-6-3-7-11-18;1-3-9-15(10-4-1)18(16-11-5-2-6-12-16)20-17-13-7-8-14-19-17;1-2-6-13(7-3-1)12-15-9-4-8-14-10-5-11-17-16(14)15;1-2-6-12(7-3-1)9-10-13-8-4-5-11-14-13;1-2-5-12(6-3-1)8-9-13-7-4-10-14-11-13;1-8-4-2-5-9-6-3-7-11-10(8)9;1-6-3-2-4-7-5-6/h2-15H,1H3;1-14H;1-11H,12H2;1-8,11H,9-10H2;1-7,10-11H,8-9H2;2-7H,1H3;2-5H,1H3. The summed E-state index contributed by atoms with van der Waals surface area (Å²) in [7, 11) is 0. The number of hydrogen-bond acceptors (Lipinski definition) is 8. The largest absolute Gasteiger partial charge is 0.264 e. The molecular weight excluding hydrogens is 1270 g/mol. The van der Waals surface area contributed by atoms with Crippen molar-refractivity contribution in [1.82, 2.24) is 29.9 Å². The van der Waals surface area contributed by atoms with Gasteiger partial charge in [0.1, 0.15) is 0 Å². The van der Waals surface area contributed by atoms with E-state index in [0.29, 0.717) is 0 Å². The van der Waals surface area contributed by atoms with Crippen molar-refractivity contribution in [2.45, 2.75) is 52.9 Å². The van der Waals surface area contributed by atoms with Crippen molar-refractivity contribution in [3.8, 4) is 0 Å². The van der Waals surface area contributed by atoms with Crippen molar-refractivity contribution in [3.05, 3.63) is 480 Å². The number of pyridine rings is 6. The molecule has 6 aromatic heterocycles. The highest BCUT2D eigenvalue weighted by molar-refractivity contribution is 6.14. The summed E-state index contributed by atoms with van der Waals surface area (Å²) in [4.78, 5) is 34.9. The Morgan fingerprint density at radius 1 is 0.269 bits per heavy atom. The molecule has 0 aliphatic heterocycles.